The van der Waals surface area contributed by atoms with Gasteiger partial charge in [-0.1, -0.05) is 41.9 Å². The van der Waals surface area contributed by atoms with Gasteiger partial charge in [-0.25, -0.2) is 14.6 Å². The first-order valence-electron chi connectivity index (χ1n) is 8.20. The molecule has 144 valence electrons. The summed E-state index contributed by atoms with van der Waals surface area (Å²) in [5, 5.41) is 9.38. The van der Waals surface area contributed by atoms with E-state index in [4.69, 9.17) is 25.8 Å². The van der Waals surface area contributed by atoms with Crippen LogP contribution in [0.5, 0.6) is 5.75 Å². The molecule has 1 aromatic heterocycles. The zero-order valence-corrected chi connectivity index (χ0v) is 15.9. The smallest absolute Gasteiger partial charge is 0.345 e. The van der Waals surface area contributed by atoms with Crippen LogP contribution < -0.4 is 4.74 Å². The summed E-state index contributed by atoms with van der Waals surface area (Å²) in [6, 6.07) is 9.21. The fourth-order valence-corrected chi connectivity index (χ4v) is 2.86. The lowest BCUT2D eigenvalue weighted by molar-refractivity contribution is -0.149. The molecule has 1 unspecified atom stereocenters. The summed E-state index contributed by atoms with van der Waals surface area (Å²) >= 11 is 6.17. The number of carboxylic acids is 1. The van der Waals surface area contributed by atoms with E-state index in [2.05, 4.69) is 4.98 Å². The van der Waals surface area contributed by atoms with E-state index in [1.54, 1.807) is 13.8 Å². The number of esters is 1. The molecule has 0 spiro atoms. The third kappa shape index (κ3) is 4.75. The number of aliphatic carboxylic acids is 1. The maximum Gasteiger partial charge on any atom is 0.345 e. The van der Waals surface area contributed by atoms with Gasteiger partial charge in [0.15, 0.2) is 6.10 Å². The highest BCUT2D eigenvalue weighted by atomic mass is 35.5. The fraction of sp³-hybridized carbons (Fsp3) is 0.316. The van der Waals surface area contributed by atoms with Crippen molar-refractivity contribution < 1.29 is 28.9 Å². The van der Waals surface area contributed by atoms with Gasteiger partial charge in [-0.05, 0) is 19.4 Å². The summed E-state index contributed by atoms with van der Waals surface area (Å²) in [5.41, 5.74) is 1.10. The molecule has 1 heterocycles. The van der Waals surface area contributed by atoms with E-state index < -0.39 is 18.0 Å². The first-order valence-corrected chi connectivity index (χ1v) is 8.57. The van der Waals surface area contributed by atoms with Crippen molar-refractivity contribution in [2.75, 3.05) is 13.7 Å². The lowest BCUT2D eigenvalue weighted by atomic mass is 10.0. The van der Waals surface area contributed by atoms with E-state index in [-0.39, 0.29) is 40.9 Å². The number of carbonyl (C=O) groups is 2. The van der Waals surface area contributed by atoms with Crippen LogP contribution in [0.25, 0.3) is 0 Å². The minimum absolute atomic E-state index is 0.0101. The molecule has 0 bridgehead atoms. The number of methoxy groups -OCH3 is 1. The van der Waals surface area contributed by atoms with Gasteiger partial charge in [-0.2, -0.15) is 0 Å². The Morgan fingerprint density at radius 1 is 1.26 bits per heavy atom. The molecular formula is C19H20ClNO6. The summed E-state index contributed by atoms with van der Waals surface area (Å²) in [4.78, 5) is 28.2. The summed E-state index contributed by atoms with van der Waals surface area (Å²) < 4.78 is 16.0. The van der Waals surface area contributed by atoms with Crippen molar-refractivity contribution in [1.29, 1.82) is 0 Å². The minimum Gasteiger partial charge on any atom is -0.487 e. The molecule has 1 aromatic carbocycles. The summed E-state index contributed by atoms with van der Waals surface area (Å²) in [5.74, 6) is -2.01. The number of hydrogen-bond donors (Lipinski definition) is 1. The van der Waals surface area contributed by atoms with Gasteiger partial charge >= 0.3 is 11.9 Å². The molecule has 0 radical (unpaired) electrons. The van der Waals surface area contributed by atoms with Crippen molar-refractivity contribution in [3.63, 3.8) is 0 Å². The Bertz CT molecular complexity index is 825. The second-order valence-electron chi connectivity index (χ2n) is 5.55. The second-order valence-corrected chi connectivity index (χ2v) is 5.91. The molecule has 8 heteroatoms. The summed E-state index contributed by atoms with van der Waals surface area (Å²) in [6.45, 7) is 3.42. The van der Waals surface area contributed by atoms with Crippen LogP contribution in [-0.4, -0.2) is 35.7 Å². The Morgan fingerprint density at radius 2 is 1.93 bits per heavy atom. The molecule has 0 aliphatic heterocycles. The number of nitrogens with zero attached hydrogens (tertiary/aromatic N) is 1. The molecule has 27 heavy (non-hydrogen) atoms. The van der Waals surface area contributed by atoms with Crippen LogP contribution in [0.15, 0.2) is 30.3 Å². The highest BCUT2D eigenvalue weighted by molar-refractivity contribution is 6.32. The predicted molar refractivity (Wildman–Crippen MR) is 98.1 cm³/mol. The quantitative estimate of drug-likeness (QED) is 0.541. The molecule has 0 saturated carbocycles. The molecular weight excluding hydrogens is 374 g/mol. The van der Waals surface area contributed by atoms with Crippen molar-refractivity contribution in [2.24, 2.45) is 0 Å². The largest absolute Gasteiger partial charge is 0.487 e. The lowest BCUT2D eigenvalue weighted by Crippen LogP contribution is -2.20. The third-order valence-corrected chi connectivity index (χ3v) is 4.03. The highest BCUT2D eigenvalue weighted by Crippen LogP contribution is 2.37. The molecule has 0 amide bonds. The number of rotatable bonds is 8. The number of aromatic nitrogens is 1. The zero-order chi connectivity index (χ0) is 20.0. The van der Waals surface area contributed by atoms with Crippen LogP contribution in [-0.2, 0) is 20.9 Å². The number of aryl methyl sites for hydroxylation is 1. The third-order valence-electron chi connectivity index (χ3n) is 3.76. The predicted octanol–water partition coefficient (Wildman–Crippen LogP) is 3.57. The first-order chi connectivity index (χ1) is 12.9. The van der Waals surface area contributed by atoms with Gasteiger partial charge < -0.3 is 19.3 Å². The van der Waals surface area contributed by atoms with E-state index in [1.807, 2.05) is 30.3 Å². The topological polar surface area (TPSA) is 95.0 Å². The molecule has 0 aliphatic carbocycles. The Labute approximate surface area is 161 Å². The van der Waals surface area contributed by atoms with E-state index in [1.165, 1.54) is 7.11 Å². The van der Waals surface area contributed by atoms with Crippen LogP contribution in [0.2, 0.25) is 5.15 Å². The van der Waals surface area contributed by atoms with Gasteiger partial charge in [-0.3, -0.25) is 0 Å². The molecule has 2 rings (SSSR count). The Balaban J connectivity index is 2.61. The maximum atomic E-state index is 12.4. The van der Waals surface area contributed by atoms with Gasteiger partial charge in [0.05, 0.1) is 12.2 Å². The van der Waals surface area contributed by atoms with Gasteiger partial charge in [0, 0.05) is 12.8 Å². The van der Waals surface area contributed by atoms with Crippen LogP contribution in [0.3, 0.4) is 0 Å². The number of halogens is 1. The van der Waals surface area contributed by atoms with E-state index in [0.717, 1.165) is 5.56 Å². The van der Waals surface area contributed by atoms with Crippen molar-refractivity contribution >= 4 is 23.5 Å². The average Bonchev–Trinajstić information content (AvgIpc) is 2.63. The number of carbonyl (C=O) groups excluding carboxylic acids is 1. The lowest BCUT2D eigenvalue weighted by Gasteiger charge is -2.21. The van der Waals surface area contributed by atoms with Gasteiger partial charge in [-0.15, -0.1) is 0 Å². The molecule has 2 aromatic rings. The minimum atomic E-state index is -1.38. The van der Waals surface area contributed by atoms with Crippen molar-refractivity contribution in [1.82, 2.24) is 4.98 Å². The van der Waals surface area contributed by atoms with Crippen molar-refractivity contribution in [3.8, 4) is 5.75 Å². The van der Waals surface area contributed by atoms with Crippen molar-refractivity contribution in [2.45, 2.75) is 26.6 Å². The molecule has 0 aliphatic rings. The molecule has 0 fully saturated rings. The number of pyridine rings is 1. The Hall–Kier alpha value is -2.64. The fourth-order valence-electron chi connectivity index (χ4n) is 2.57. The van der Waals surface area contributed by atoms with Crippen LogP contribution in [0.1, 0.15) is 40.2 Å². The van der Waals surface area contributed by atoms with Gasteiger partial charge in [0.1, 0.15) is 23.1 Å². The van der Waals surface area contributed by atoms with Crippen LogP contribution in [0, 0.1) is 6.92 Å². The van der Waals surface area contributed by atoms with Crippen LogP contribution >= 0.6 is 11.6 Å². The van der Waals surface area contributed by atoms with Crippen molar-refractivity contribution in [3.05, 3.63) is 57.9 Å². The van der Waals surface area contributed by atoms with Gasteiger partial charge in [0.2, 0.25) is 0 Å². The number of hydrogen-bond acceptors (Lipinski definition) is 6. The molecule has 0 saturated heterocycles. The Morgan fingerprint density at radius 3 is 2.48 bits per heavy atom. The standard InChI is InChI=1S/C19H20ClNO6/c1-4-26-19(24)14-15(27-10-12-8-6-5-7-9-12)13(11(2)21-17(14)20)16(25-3)18(22)23/h5-9,16H,4,10H2,1-3H3,(H,22,23). The number of benzene rings is 1. The Kier molecular flexibility index (Phi) is 7.15. The maximum absolute atomic E-state index is 12.4. The monoisotopic (exact) mass is 393 g/mol. The first kappa shape index (κ1) is 20.7. The van der Waals surface area contributed by atoms with Gasteiger partial charge in [0.25, 0.3) is 0 Å². The molecule has 1 N–H and O–H groups in total. The molecule has 1 atom stereocenters. The average molecular weight is 394 g/mol. The zero-order valence-electron chi connectivity index (χ0n) is 15.2. The van der Waals surface area contributed by atoms with E-state index in [9.17, 15) is 14.7 Å². The normalized spacial score (nSPS) is 11.7. The molecule has 7 nitrogen and oxygen atoms in total. The number of ether oxygens (including phenoxy) is 3. The van der Waals surface area contributed by atoms with E-state index >= 15 is 0 Å². The van der Waals surface area contributed by atoms with Crippen LogP contribution in [0.4, 0.5) is 0 Å². The van der Waals surface area contributed by atoms with E-state index in [0.29, 0.717) is 0 Å². The highest BCUT2D eigenvalue weighted by Gasteiger charge is 2.32. The SMILES string of the molecule is CCOC(=O)c1c(Cl)nc(C)c(C(OC)C(=O)O)c1OCc1ccccc1. The summed E-state index contributed by atoms with van der Waals surface area (Å²) in [6.07, 6.45) is -1.38. The second kappa shape index (κ2) is 9.34. The summed E-state index contributed by atoms with van der Waals surface area (Å²) in [7, 11) is 1.25. The number of carboxylic acid groups (broad SMARTS) is 1.